The Morgan fingerprint density at radius 2 is 2.38 bits per heavy atom. The number of nitrogens with zero attached hydrogens (tertiary/aromatic N) is 1. The lowest BCUT2D eigenvalue weighted by molar-refractivity contribution is 0.0946. The number of amides is 1. The number of aromatic nitrogens is 1. The highest BCUT2D eigenvalue weighted by molar-refractivity contribution is 6.33. The molecule has 1 amide bonds. The zero-order valence-electron chi connectivity index (χ0n) is 9.09. The summed E-state index contributed by atoms with van der Waals surface area (Å²) in [6, 6.07) is 1.49. The second kappa shape index (κ2) is 3.94. The highest BCUT2D eigenvalue weighted by atomic mass is 35.5. The molecule has 1 fully saturated rings. The summed E-state index contributed by atoms with van der Waals surface area (Å²) < 4.78 is 0. The van der Waals surface area contributed by atoms with Crippen LogP contribution in [0.1, 0.15) is 30.1 Å². The van der Waals surface area contributed by atoms with Gasteiger partial charge in [-0.25, -0.2) is 4.98 Å². The van der Waals surface area contributed by atoms with Gasteiger partial charge < -0.3 is 11.1 Å². The number of pyridine rings is 1. The van der Waals surface area contributed by atoms with Crippen LogP contribution >= 0.6 is 11.6 Å². The predicted octanol–water partition coefficient (Wildman–Crippen LogP) is 1.85. The second-order valence-electron chi connectivity index (χ2n) is 4.58. The fraction of sp³-hybridized carbons (Fsp3) is 0.455. The number of halogens is 1. The quantitative estimate of drug-likeness (QED) is 0.846. The number of hydrogen-bond acceptors (Lipinski definition) is 3. The Labute approximate surface area is 99.2 Å². The lowest BCUT2D eigenvalue weighted by Crippen LogP contribution is -2.29. The molecule has 86 valence electrons. The Morgan fingerprint density at radius 3 is 3.00 bits per heavy atom. The monoisotopic (exact) mass is 239 g/mol. The fourth-order valence-electron chi connectivity index (χ4n) is 1.41. The number of nitrogen functional groups attached to an aromatic ring is 1. The minimum Gasteiger partial charge on any atom is -0.384 e. The molecule has 0 aromatic carbocycles. The number of carbonyl (C=O) groups is 1. The van der Waals surface area contributed by atoms with Crippen LogP contribution in [0.3, 0.4) is 0 Å². The molecule has 3 N–H and O–H groups in total. The summed E-state index contributed by atoms with van der Waals surface area (Å²) >= 11 is 5.88. The molecule has 0 unspecified atom stereocenters. The van der Waals surface area contributed by atoms with Crippen LogP contribution in [0.15, 0.2) is 12.3 Å². The van der Waals surface area contributed by atoms with Gasteiger partial charge in [0.1, 0.15) is 5.82 Å². The molecule has 1 aliphatic rings. The van der Waals surface area contributed by atoms with E-state index in [0.717, 1.165) is 0 Å². The van der Waals surface area contributed by atoms with Gasteiger partial charge in [-0.15, -0.1) is 0 Å². The molecule has 4 nitrogen and oxygen atoms in total. The van der Waals surface area contributed by atoms with Crippen molar-refractivity contribution in [2.24, 2.45) is 5.41 Å². The van der Waals surface area contributed by atoms with Crippen LogP contribution in [0.2, 0.25) is 5.02 Å². The molecule has 0 atom stereocenters. The number of anilines is 1. The third kappa shape index (κ3) is 2.44. The van der Waals surface area contributed by atoms with E-state index in [2.05, 4.69) is 17.2 Å². The summed E-state index contributed by atoms with van der Waals surface area (Å²) in [6.07, 6.45) is 3.73. The Kier molecular flexibility index (Phi) is 2.76. The fourth-order valence-corrected chi connectivity index (χ4v) is 1.60. The summed E-state index contributed by atoms with van der Waals surface area (Å²) in [5.74, 6) is 0.111. The highest BCUT2D eigenvalue weighted by Crippen LogP contribution is 2.44. The number of hydrogen-bond donors (Lipinski definition) is 2. The molecular formula is C11H14ClN3O. The first-order valence-corrected chi connectivity index (χ1v) is 5.57. The van der Waals surface area contributed by atoms with Crippen LogP contribution in [0.25, 0.3) is 0 Å². The molecule has 1 aromatic rings. The van der Waals surface area contributed by atoms with E-state index >= 15 is 0 Å². The third-order valence-corrected chi connectivity index (χ3v) is 3.20. The van der Waals surface area contributed by atoms with Crippen molar-refractivity contribution in [1.29, 1.82) is 0 Å². The van der Waals surface area contributed by atoms with Crippen molar-refractivity contribution in [2.75, 3.05) is 12.3 Å². The third-order valence-electron chi connectivity index (χ3n) is 2.90. The molecule has 1 heterocycles. The maximum Gasteiger partial charge on any atom is 0.253 e. The molecule has 5 heteroatoms. The lowest BCUT2D eigenvalue weighted by Gasteiger charge is -2.10. The summed E-state index contributed by atoms with van der Waals surface area (Å²) in [7, 11) is 0. The van der Waals surface area contributed by atoms with Gasteiger partial charge in [-0.1, -0.05) is 18.5 Å². The molecule has 1 aromatic heterocycles. The van der Waals surface area contributed by atoms with E-state index < -0.39 is 0 Å². The second-order valence-corrected chi connectivity index (χ2v) is 4.99. The predicted molar refractivity (Wildman–Crippen MR) is 63.3 cm³/mol. The van der Waals surface area contributed by atoms with Gasteiger partial charge in [-0.3, -0.25) is 4.79 Å². The normalized spacial score (nSPS) is 16.9. The zero-order chi connectivity index (χ0) is 11.8. The van der Waals surface area contributed by atoms with Gasteiger partial charge in [-0.2, -0.15) is 0 Å². The van der Waals surface area contributed by atoms with Crippen molar-refractivity contribution in [3.05, 3.63) is 22.8 Å². The van der Waals surface area contributed by atoms with Gasteiger partial charge in [0.25, 0.3) is 5.91 Å². The van der Waals surface area contributed by atoms with E-state index in [9.17, 15) is 4.79 Å². The van der Waals surface area contributed by atoms with Gasteiger partial charge >= 0.3 is 0 Å². The lowest BCUT2D eigenvalue weighted by atomic mass is 10.1. The standard InChI is InChI=1S/C11H14ClN3O/c1-11(2-3-11)6-15-10(16)7-4-9(13)14-5-8(7)12/h4-5H,2-3,6H2,1H3,(H2,13,14)(H,15,16). The Morgan fingerprint density at radius 1 is 1.69 bits per heavy atom. The van der Waals surface area contributed by atoms with Crippen molar-refractivity contribution in [3.63, 3.8) is 0 Å². The minimum absolute atomic E-state index is 0.188. The smallest absolute Gasteiger partial charge is 0.253 e. The first-order valence-electron chi connectivity index (χ1n) is 5.19. The van der Waals surface area contributed by atoms with E-state index in [1.807, 2.05) is 0 Å². The summed E-state index contributed by atoms with van der Waals surface area (Å²) in [5.41, 5.74) is 6.18. The molecule has 1 aliphatic carbocycles. The minimum atomic E-state index is -0.188. The van der Waals surface area contributed by atoms with Gasteiger partial charge in [0.15, 0.2) is 0 Å². The molecule has 2 rings (SSSR count). The first kappa shape index (κ1) is 11.2. The van der Waals surface area contributed by atoms with Crippen molar-refractivity contribution >= 4 is 23.3 Å². The highest BCUT2D eigenvalue weighted by Gasteiger charge is 2.37. The average molecular weight is 240 g/mol. The molecular weight excluding hydrogens is 226 g/mol. The van der Waals surface area contributed by atoms with E-state index in [1.165, 1.54) is 25.1 Å². The van der Waals surface area contributed by atoms with Gasteiger partial charge in [0.05, 0.1) is 10.6 Å². The molecule has 0 spiro atoms. The van der Waals surface area contributed by atoms with Crippen LogP contribution in [-0.2, 0) is 0 Å². The van der Waals surface area contributed by atoms with Crippen LogP contribution in [0.5, 0.6) is 0 Å². The SMILES string of the molecule is CC1(CNC(=O)c2cc(N)ncc2Cl)CC1. The molecule has 1 saturated carbocycles. The number of rotatable bonds is 3. The molecule has 0 aliphatic heterocycles. The maximum absolute atomic E-state index is 11.8. The van der Waals surface area contributed by atoms with Crippen molar-refractivity contribution < 1.29 is 4.79 Å². The Hall–Kier alpha value is -1.29. The van der Waals surface area contributed by atoms with Crippen molar-refractivity contribution in [2.45, 2.75) is 19.8 Å². The van der Waals surface area contributed by atoms with Crippen molar-refractivity contribution in [1.82, 2.24) is 10.3 Å². The van der Waals surface area contributed by atoms with Gasteiger partial charge in [0.2, 0.25) is 0 Å². The van der Waals surface area contributed by atoms with Crippen LogP contribution in [0.4, 0.5) is 5.82 Å². The number of nitrogens with two attached hydrogens (primary N) is 1. The zero-order valence-corrected chi connectivity index (χ0v) is 9.84. The van der Waals surface area contributed by atoms with Crippen molar-refractivity contribution in [3.8, 4) is 0 Å². The van der Waals surface area contributed by atoms with Gasteiger partial charge in [0, 0.05) is 12.7 Å². The summed E-state index contributed by atoms with van der Waals surface area (Å²) in [5, 5.41) is 3.19. The van der Waals surface area contributed by atoms with Gasteiger partial charge in [-0.05, 0) is 24.3 Å². The number of carbonyl (C=O) groups excluding carboxylic acids is 1. The molecule has 0 saturated heterocycles. The summed E-state index contributed by atoms with van der Waals surface area (Å²) in [4.78, 5) is 15.6. The van der Waals surface area contributed by atoms with Crippen LogP contribution in [-0.4, -0.2) is 17.4 Å². The molecule has 0 bridgehead atoms. The largest absolute Gasteiger partial charge is 0.384 e. The Bertz CT molecular complexity index is 429. The molecule has 0 radical (unpaired) electrons. The summed E-state index contributed by atoms with van der Waals surface area (Å²) in [6.45, 7) is 2.83. The average Bonchev–Trinajstić information content (AvgIpc) is 2.97. The van der Waals surface area contributed by atoms with E-state index in [4.69, 9.17) is 17.3 Å². The topological polar surface area (TPSA) is 68.0 Å². The molecule has 16 heavy (non-hydrogen) atoms. The van der Waals surface area contributed by atoms with Crippen LogP contribution in [0, 0.1) is 5.41 Å². The van der Waals surface area contributed by atoms with E-state index in [0.29, 0.717) is 22.9 Å². The van der Waals surface area contributed by atoms with E-state index in [-0.39, 0.29) is 11.3 Å². The first-order chi connectivity index (χ1) is 7.50. The van der Waals surface area contributed by atoms with E-state index in [1.54, 1.807) is 0 Å². The van der Waals surface area contributed by atoms with Crippen LogP contribution < -0.4 is 11.1 Å². The number of nitrogens with one attached hydrogen (secondary N) is 1. The maximum atomic E-state index is 11.8. The Balaban J connectivity index is 2.05.